The molecule has 0 aliphatic carbocycles. The maximum absolute atomic E-state index is 13.0. The molecule has 0 aliphatic rings. The van der Waals surface area contributed by atoms with Crippen LogP contribution in [0.5, 0.6) is 5.75 Å². The van der Waals surface area contributed by atoms with Crippen LogP contribution >= 0.6 is 23.4 Å². The predicted molar refractivity (Wildman–Crippen MR) is 112 cm³/mol. The molecule has 2 heterocycles. The Kier molecular flexibility index (Phi) is 6.07. The summed E-state index contributed by atoms with van der Waals surface area (Å²) in [5, 5.41) is 10.1. The largest absolute Gasteiger partial charge is 0.493 e. The van der Waals surface area contributed by atoms with E-state index < -0.39 is 0 Å². The molecule has 0 bridgehead atoms. The minimum absolute atomic E-state index is 0.286. The molecule has 0 amide bonds. The SMILES string of the molecule is Fc1ccc(OCCSc2nnc(-c3ccncc3)n2-c2ccc(Cl)cc2)cc1. The standard InChI is InChI=1S/C21H16ClFN4OS/c22-16-1-5-18(6-2-16)27-20(15-9-11-24-12-10-15)25-26-21(27)29-14-13-28-19-7-3-17(23)4-8-19/h1-12H,13-14H2. The van der Waals surface area contributed by atoms with Gasteiger partial charge in [-0.15, -0.1) is 10.2 Å². The van der Waals surface area contributed by atoms with Crippen LogP contribution in [0.15, 0.2) is 78.2 Å². The van der Waals surface area contributed by atoms with E-state index in [1.807, 2.05) is 41.0 Å². The molecule has 5 nitrogen and oxygen atoms in total. The van der Waals surface area contributed by atoms with Crippen LogP contribution in [0.2, 0.25) is 5.02 Å². The van der Waals surface area contributed by atoms with Crippen LogP contribution < -0.4 is 4.74 Å². The maximum Gasteiger partial charge on any atom is 0.196 e. The van der Waals surface area contributed by atoms with Gasteiger partial charge in [-0.2, -0.15) is 0 Å². The fourth-order valence-corrected chi connectivity index (χ4v) is 3.59. The molecule has 0 N–H and O–H groups in total. The lowest BCUT2D eigenvalue weighted by Crippen LogP contribution is -2.03. The van der Waals surface area contributed by atoms with Crippen molar-refractivity contribution in [2.24, 2.45) is 0 Å². The van der Waals surface area contributed by atoms with E-state index in [1.54, 1.807) is 24.5 Å². The summed E-state index contributed by atoms with van der Waals surface area (Å²) in [7, 11) is 0. The zero-order valence-corrected chi connectivity index (χ0v) is 16.8. The van der Waals surface area contributed by atoms with Crippen molar-refractivity contribution < 1.29 is 9.13 Å². The molecule has 0 saturated heterocycles. The number of aromatic nitrogens is 4. The van der Waals surface area contributed by atoms with Crippen LogP contribution in [-0.4, -0.2) is 32.1 Å². The topological polar surface area (TPSA) is 52.8 Å². The lowest BCUT2D eigenvalue weighted by molar-refractivity contribution is 0.343. The van der Waals surface area contributed by atoms with Gasteiger partial charge in [-0.25, -0.2) is 4.39 Å². The van der Waals surface area contributed by atoms with E-state index in [9.17, 15) is 4.39 Å². The molecule has 146 valence electrons. The highest BCUT2D eigenvalue weighted by molar-refractivity contribution is 7.99. The number of benzene rings is 2. The van der Waals surface area contributed by atoms with Gasteiger partial charge in [0.25, 0.3) is 0 Å². The second-order valence-corrected chi connectivity index (χ2v) is 7.50. The molecule has 8 heteroatoms. The Morgan fingerprint density at radius 2 is 1.66 bits per heavy atom. The average Bonchev–Trinajstić information content (AvgIpc) is 3.17. The number of hydrogen-bond acceptors (Lipinski definition) is 5. The Balaban J connectivity index is 1.54. The lowest BCUT2D eigenvalue weighted by atomic mass is 10.2. The summed E-state index contributed by atoms with van der Waals surface area (Å²) < 4.78 is 20.6. The smallest absolute Gasteiger partial charge is 0.196 e. The molecule has 0 fully saturated rings. The predicted octanol–water partition coefficient (Wildman–Crippen LogP) is 5.29. The first kappa shape index (κ1) is 19.4. The summed E-state index contributed by atoms with van der Waals surface area (Å²) in [6.45, 7) is 0.453. The van der Waals surface area contributed by atoms with Crippen molar-refractivity contribution in [3.63, 3.8) is 0 Å². The molecule has 0 atom stereocenters. The Morgan fingerprint density at radius 1 is 0.931 bits per heavy atom. The quantitative estimate of drug-likeness (QED) is 0.297. The number of hydrogen-bond donors (Lipinski definition) is 0. The second-order valence-electron chi connectivity index (χ2n) is 6.00. The van der Waals surface area contributed by atoms with Crippen molar-refractivity contribution >= 4 is 23.4 Å². The van der Waals surface area contributed by atoms with Gasteiger partial charge in [-0.1, -0.05) is 23.4 Å². The molecule has 0 spiro atoms. The van der Waals surface area contributed by atoms with E-state index in [4.69, 9.17) is 16.3 Å². The Morgan fingerprint density at radius 3 is 2.38 bits per heavy atom. The fraction of sp³-hybridized carbons (Fsp3) is 0.0952. The van der Waals surface area contributed by atoms with E-state index >= 15 is 0 Å². The average molecular weight is 427 g/mol. The van der Waals surface area contributed by atoms with Crippen molar-refractivity contribution in [3.05, 3.63) is 83.9 Å². The first-order valence-corrected chi connectivity index (χ1v) is 10.2. The van der Waals surface area contributed by atoms with Gasteiger partial charge in [-0.3, -0.25) is 9.55 Å². The summed E-state index contributed by atoms with van der Waals surface area (Å²) in [5.74, 6) is 1.71. The lowest BCUT2D eigenvalue weighted by Gasteiger charge is -2.11. The van der Waals surface area contributed by atoms with Crippen molar-refractivity contribution in [1.82, 2.24) is 19.7 Å². The van der Waals surface area contributed by atoms with Crippen LogP contribution in [-0.2, 0) is 0 Å². The molecule has 2 aromatic carbocycles. The number of halogens is 2. The van der Waals surface area contributed by atoms with E-state index in [0.29, 0.717) is 23.1 Å². The number of thioether (sulfide) groups is 1. The van der Waals surface area contributed by atoms with Gasteiger partial charge >= 0.3 is 0 Å². The molecule has 2 aromatic heterocycles. The zero-order chi connectivity index (χ0) is 20.1. The molecule has 0 saturated carbocycles. The van der Waals surface area contributed by atoms with Crippen LogP contribution in [0.4, 0.5) is 4.39 Å². The Hall–Kier alpha value is -2.90. The van der Waals surface area contributed by atoms with Gasteiger partial charge in [-0.05, 0) is 60.7 Å². The molecule has 0 aliphatic heterocycles. The van der Waals surface area contributed by atoms with Gasteiger partial charge in [0.1, 0.15) is 11.6 Å². The maximum atomic E-state index is 13.0. The third kappa shape index (κ3) is 4.75. The summed E-state index contributed by atoms with van der Waals surface area (Å²) in [6, 6.07) is 17.3. The van der Waals surface area contributed by atoms with Gasteiger partial charge < -0.3 is 4.74 Å². The van der Waals surface area contributed by atoms with Gasteiger partial charge in [0.05, 0.1) is 6.61 Å². The van der Waals surface area contributed by atoms with Crippen molar-refractivity contribution in [2.75, 3.05) is 12.4 Å². The van der Waals surface area contributed by atoms with E-state index in [2.05, 4.69) is 15.2 Å². The highest BCUT2D eigenvalue weighted by atomic mass is 35.5. The number of pyridine rings is 1. The van der Waals surface area contributed by atoms with Crippen molar-refractivity contribution in [2.45, 2.75) is 5.16 Å². The second kappa shape index (κ2) is 9.07. The van der Waals surface area contributed by atoms with Gasteiger partial charge in [0.15, 0.2) is 11.0 Å². The van der Waals surface area contributed by atoms with E-state index in [0.717, 1.165) is 22.2 Å². The Labute approximate surface area is 176 Å². The van der Waals surface area contributed by atoms with E-state index in [1.165, 1.54) is 23.9 Å². The summed E-state index contributed by atoms with van der Waals surface area (Å²) in [5.41, 5.74) is 1.82. The highest BCUT2D eigenvalue weighted by Crippen LogP contribution is 2.28. The first-order valence-electron chi connectivity index (χ1n) is 8.83. The monoisotopic (exact) mass is 426 g/mol. The van der Waals surface area contributed by atoms with Gasteiger partial charge in [0.2, 0.25) is 0 Å². The highest BCUT2D eigenvalue weighted by Gasteiger charge is 2.16. The molecule has 29 heavy (non-hydrogen) atoms. The fourth-order valence-electron chi connectivity index (χ4n) is 2.70. The zero-order valence-electron chi connectivity index (χ0n) is 15.2. The third-order valence-electron chi connectivity index (χ3n) is 4.05. The molecule has 0 unspecified atom stereocenters. The first-order chi connectivity index (χ1) is 14.2. The summed E-state index contributed by atoms with van der Waals surface area (Å²) in [4.78, 5) is 4.07. The third-order valence-corrected chi connectivity index (χ3v) is 5.20. The van der Waals surface area contributed by atoms with Crippen molar-refractivity contribution in [3.8, 4) is 22.8 Å². The minimum atomic E-state index is -0.286. The molecular formula is C21H16ClFN4OS. The number of ether oxygens (including phenoxy) is 1. The Bertz CT molecular complexity index is 1070. The number of nitrogens with zero attached hydrogens (tertiary/aromatic N) is 4. The molecular weight excluding hydrogens is 411 g/mol. The minimum Gasteiger partial charge on any atom is -0.493 e. The van der Waals surface area contributed by atoms with Gasteiger partial charge in [0, 0.05) is 34.4 Å². The molecule has 4 aromatic rings. The van der Waals surface area contributed by atoms with Crippen LogP contribution in [0, 0.1) is 5.82 Å². The van der Waals surface area contributed by atoms with Crippen LogP contribution in [0.25, 0.3) is 17.1 Å². The number of rotatable bonds is 7. The summed E-state index contributed by atoms with van der Waals surface area (Å²) in [6.07, 6.45) is 3.44. The van der Waals surface area contributed by atoms with Crippen molar-refractivity contribution in [1.29, 1.82) is 0 Å². The normalized spacial score (nSPS) is 10.8. The van der Waals surface area contributed by atoms with E-state index in [-0.39, 0.29) is 5.82 Å². The molecule has 4 rings (SSSR count). The van der Waals surface area contributed by atoms with Crippen LogP contribution in [0.3, 0.4) is 0 Å². The van der Waals surface area contributed by atoms with Crippen LogP contribution in [0.1, 0.15) is 0 Å². The molecule has 0 radical (unpaired) electrons. The summed E-state index contributed by atoms with van der Waals surface area (Å²) >= 11 is 7.57.